The van der Waals surface area contributed by atoms with Gasteiger partial charge >= 0.3 is 6.03 Å². The minimum absolute atomic E-state index is 0.0200. The number of nitrogens with zero attached hydrogens (tertiary/aromatic N) is 1. The average molecular weight is 427 g/mol. The molecule has 2 aliphatic heterocycles. The molecule has 1 atom stereocenters. The molecule has 2 aromatic carbocycles. The maximum absolute atomic E-state index is 13.5. The molecular formula is C21H21N3O5S. The van der Waals surface area contributed by atoms with Crippen molar-refractivity contribution in [1.82, 2.24) is 15.5 Å². The number of benzene rings is 2. The number of imide groups is 1. The molecule has 9 heteroatoms. The van der Waals surface area contributed by atoms with Crippen molar-refractivity contribution < 1.29 is 22.8 Å². The normalized spacial score (nSPS) is 22.0. The summed E-state index contributed by atoms with van der Waals surface area (Å²) in [4.78, 5) is 39.6. The van der Waals surface area contributed by atoms with E-state index >= 15 is 0 Å². The number of hydrogen-bond acceptors (Lipinski definition) is 5. The summed E-state index contributed by atoms with van der Waals surface area (Å²) in [6.45, 7) is -0.484. The van der Waals surface area contributed by atoms with Gasteiger partial charge in [0.1, 0.15) is 6.54 Å². The van der Waals surface area contributed by atoms with Gasteiger partial charge in [-0.05, 0) is 17.5 Å². The SMILES string of the molecule is O=C(CN1C(=O)NC(c2ccccc2)(c2ccccc2)C1=O)N[C@@H]1CCS(=O)(=O)C1. The molecule has 0 aromatic heterocycles. The molecule has 4 rings (SSSR count). The van der Waals surface area contributed by atoms with Crippen LogP contribution >= 0.6 is 0 Å². The fourth-order valence-electron chi connectivity index (χ4n) is 3.98. The molecule has 2 N–H and O–H groups in total. The number of urea groups is 1. The Bertz CT molecular complexity index is 1050. The standard InChI is InChI=1S/C21H21N3O5S/c25-18(22-17-11-12-30(28,29)14-17)13-24-19(26)21(23-20(24)27,15-7-3-1-4-8-15)16-9-5-2-6-10-16/h1-10,17H,11-14H2,(H,22,25)(H,23,27)/t17-/m1/s1. The van der Waals surface area contributed by atoms with Gasteiger partial charge in [0, 0.05) is 6.04 Å². The highest BCUT2D eigenvalue weighted by Crippen LogP contribution is 2.35. The van der Waals surface area contributed by atoms with E-state index in [2.05, 4.69) is 10.6 Å². The summed E-state index contributed by atoms with van der Waals surface area (Å²) in [5.41, 5.74) is -0.268. The average Bonchev–Trinajstić information content (AvgIpc) is 3.20. The van der Waals surface area contributed by atoms with Crippen LogP contribution in [0.2, 0.25) is 0 Å². The molecule has 2 saturated heterocycles. The molecule has 8 nitrogen and oxygen atoms in total. The number of rotatable bonds is 5. The number of carbonyl (C=O) groups is 3. The van der Waals surface area contributed by atoms with E-state index in [9.17, 15) is 22.8 Å². The first-order valence-electron chi connectivity index (χ1n) is 9.57. The van der Waals surface area contributed by atoms with Crippen molar-refractivity contribution in [3.05, 3.63) is 71.8 Å². The summed E-state index contributed by atoms with van der Waals surface area (Å²) in [5.74, 6) is -1.24. The quantitative estimate of drug-likeness (QED) is 0.685. The summed E-state index contributed by atoms with van der Waals surface area (Å²) in [7, 11) is -3.16. The van der Waals surface area contributed by atoms with Crippen molar-refractivity contribution in [2.45, 2.75) is 18.0 Å². The highest BCUT2D eigenvalue weighted by molar-refractivity contribution is 7.91. The van der Waals surface area contributed by atoms with E-state index in [-0.39, 0.29) is 11.5 Å². The van der Waals surface area contributed by atoms with Crippen molar-refractivity contribution in [1.29, 1.82) is 0 Å². The van der Waals surface area contributed by atoms with Crippen molar-refractivity contribution >= 4 is 27.7 Å². The van der Waals surface area contributed by atoms with Crippen LogP contribution in [0, 0.1) is 0 Å². The van der Waals surface area contributed by atoms with E-state index < -0.39 is 45.8 Å². The second kappa shape index (κ2) is 7.56. The van der Waals surface area contributed by atoms with E-state index in [1.807, 2.05) is 12.1 Å². The maximum atomic E-state index is 13.5. The third kappa shape index (κ3) is 3.56. The summed E-state index contributed by atoms with van der Waals surface area (Å²) in [5, 5.41) is 5.39. The van der Waals surface area contributed by atoms with Gasteiger partial charge in [0.05, 0.1) is 11.5 Å². The van der Waals surface area contributed by atoms with Crippen molar-refractivity contribution in [2.75, 3.05) is 18.1 Å². The van der Waals surface area contributed by atoms with Gasteiger partial charge in [-0.3, -0.25) is 14.5 Å². The topological polar surface area (TPSA) is 113 Å². The molecule has 0 saturated carbocycles. The zero-order chi connectivity index (χ0) is 21.4. The Hall–Kier alpha value is -3.20. The predicted octanol–water partition coefficient (Wildman–Crippen LogP) is 0.785. The summed E-state index contributed by atoms with van der Waals surface area (Å²) in [6.07, 6.45) is 0.326. The Labute approximate surface area is 174 Å². The Morgan fingerprint density at radius 2 is 1.60 bits per heavy atom. The van der Waals surface area contributed by atoms with Crippen LogP contribution in [0.4, 0.5) is 4.79 Å². The molecule has 0 unspecified atom stereocenters. The fourth-order valence-corrected chi connectivity index (χ4v) is 5.65. The van der Waals surface area contributed by atoms with E-state index in [4.69, 9.17) is 0 Å². The van der Waals surface area contributed by atoms with Crippen molar-refractivity contribution in [3.8, 4) is 0 Å². The highest BCUT2D eigenvalue weighted by Gasteiger charge is 2.54. The first kappa shape index (κ1) is 20.1. The number of sulfone groups is 1. The Kier molecular flexibility index (Phi) is 5.07. The van der Waals surface area contributed by atoms with Gasteiger partial charge in [-0.2, -0.15) is 0 Å². The Morgan fingerprint density at radius 3 is 2.10 bits per heavy atom. The zero-order valence-corrected chi connectivity index (χ0v) is 16.9. The van der Waals surface area contributed by atoms with Crippen LogP contribution in [-0.4, -0.2) is 55.3 Å². The van der Waals surface area contributed by atoms with E-state index in [0.717, 1.165) is 4.90 Å². The Balaban J connectivity index is 1.60. The lowest BCUT2D eigenvalue weighted by molar-refractivity contribution is -0.134. The second-order valence-electron chi connectivity index (χ2n) is 7.47. The smallest absolute Gasteiger partial charge is 0.326 e. The molecule has 0 radical (unpaired) electrons. The third-order valence-corrected chi connectivity index (χ3v) is 7.19. The van der Waals surface area contributed by atoms with Gasteiger partial charge in [0.15, 0.2) is 15.4 Å². The van der Waals surface area contributed by atoms with Gasteiger partial charge in [-0.25, -0.2) is 13.2 Å². The largest absolute Gasteiger partial charge is 0.351 e. The second-order valence-corrected chi connectivity index (χ2v) is 9.70. The lowest BCUT2D eigenvalue weighted by atomic mass is 9.82. The number of hydrogen-bond donors (Lipinski definition) is 2. The van der Waals surface area contributed by atoms with E-state index in [1.165, 1.54) is 0 Å². The monoisotopic (exact) mass is 427 g/mol. The summed E-state index contributed by atoms with van der Waals surface area (Å²) < 4.78 is 23.2. The zero-order valence-electron chi connectivity index (χ0n) is 16.1. The molecule has 2 aromatic rings. The minimum atomic E-state index is -3.16. The molecule has 30 heavy (non-hydrogen) atoms. The van der Waals surface area contributed by atoms with Gasteiger partial charge in [-0.15, -0.1) is 0 Å². The van der Waals surface area contributed by atoms with Crippen LogP contribution in [0.3, 0.4) is 0 Å². The minimum Gasteiger partial charge on any atom is -0.351 e. The van der Waals surface area contributed by atoms with Crippen LogP contribution in [0.25, 0.3) is 0 Å². The van der Waals surface area contributed by atoms with Gasteiger partial charge in [-0.1, -0.05) is 60.7 Å². The molecule has 2 aliphatic rings. The van der Waals surface area contributed by atoms with E-state index in [1.54, 1.807) is 48.5 Å². The lowest BCUT2D eigenvalue weighted by Crippen LogP contribution is -2.47. The third-order valence-electron chi connectivity index (χ3n) is 5.42. The molecule has 0 aliphatic carbocycles. The molecular weight excluding hydrogens is 406 g/mol. The van der Waals surface area contributed by atoms with Crippen LogP contribution in [0.1, 0.15) is 17.5 Å². The molecule has 156 valence electrons. The lowest BCUT2D eigenvalue weighted by Gasteiger charge is -2.28. The van der Waals surface area contributed by atoms with Crippen LogP contribution in [0.15, 0.2) is 60.7 Å². The predicted molar refractivity (Wildman–Crippen MR) is 109 cm³/mol. The molecule has 4 amide bonds. The van der Waals surface area contributed by atoms with Crippen LogP contribution in [-0.2, 0) is 25.0 Å². The molecule has 2 fully saturated rings. The Morgan fingerprint density at radius 1 is 1.03 bits per heavy atom. The summed E-state index contributed by atoms with van der Waals surface area (Å²) in [6, 6.07) is 16.5. The van der Waals surface area contributed by atoms with E-state index in [0.29, 0.717) is 17.5 Å². The number of carbonyl (C=O) groups excluding carboxylic acids is 3. The molecule has 0 spiro atoms. The molecule has 2 heterocycles. The van der Waals surface area contributed by atoms with Crippen molar-refractivity contribution in [2.24, 2.45) is 0 Å². The van der Waals surface area contributed by atoms with Crippen LogP contribution in [0.5, 0.6) is 0 Å². The molecule has 0 bridgehead atoms. The van der Waals surface area contributed by atoms with Crippen molar-refractivity contribution in [3.63, 3.8) is 0 Å². The van der Waals surface area contributed by atoms with Crippen LogP contribution < -0.4 is 10.6 Å². The first-order chi connectivity index (χ1) is 14.3. The number of nitrogens with one attached hydrogen (secondary N) is 2. The highest BCUT2D eigenvalue weighted by atomic mass is 32.2. The maximum Gasteiger partial charge on any atom is 0.326 e. The van der Waals surface area contributed by atoms with Gasteiger partial charge in [0.2, 0.25) is 5.91 Å². The first-order valence-corrected chi connectivity index (χ1v) is 11.4. The van der Waals surface area contributed by atoms with Gasteiger partial charge < -0.3 is 10.6 Å². The fraction of sp³-hybridized carbons (Fsp3) is 0.286. The van der Waals surface area contributed by atoms with Gasteiger partial charge in [0.25, 0.3) is 5.91 Å². The summed E-state index contributed by atoms with van der Waals surface area (Å²) >= 11 is 0. The number of amides is 4.